The van der Waals surface area contributed by atoms with Gasteiger partial charge in [0.15, 0.2) is 0 Å². The number of aromatic nitrogens is 1. The summed E-state index contributed by atoms with van der Waals surface area (Å²) in [5.74, 6) is 0. The number of benzene rings is 1. The summed E-state index contributed by atoms with van der Waals surface area (Å²) in [5, 5.41) is 11.5. The van der Waals surface area contributed by atoms with E-state index >= 15 is 0 Å². The summed E-state index contributed by atoms with van der Waals surface area (Å²) in [6, 6.07) is 6.97. The van der Waals surface area contributed by atoms with Gasteiger partial charge in [-0.2, -0.15) is 0 Å². The minimum Gasteiger partial charge on any atom is -0.358 e. The predicted molar refractivity (Wildman–Crippen MR) is 58.9 cm³/mol. The molecular formula is C11H12N2O2. The van der Waals surface area contributed by atoms with Crippen LogP contribution in [-0.2, 0) is 6.42 Å². The average Bonchev–Trinajstić information content (AvgIpc) is 2.59. The molecule has 0 amide bonds. The van der Waals surface area contributed by atoms with Crippen molar-refractivity contribution in [2.45, 2.75) is 19.8 Å². The van der Waals surface area contributed by atoms with Crippen molar-refractivity contribution in [2.24, 2.45) is 0 Å². The molecule has 0 aliphatic carbocycles. The maximum atomic E-state index is 10.8. The highest BCUT2D eigenvalue weighted by Gasteiger charge is 2.12. The van der Waals surface area contributed by atoms with Gasteiger partial charge in [0.1, 0.15) is 0 Å². The average molecular weight is 204 g/mol. The monoisotopic (exact) mass is 204 g/mol. The highest BCUT2D eigenvalue weighted by Crippen LogP contribution is 2.26. The number of hydrogen-bond acceptors (Lipinski definition) is 2. The number of H-pyrrole nitrogens is 1. The second kappa shape index (κ2) is 3.73. The lowest BCUT2D eigenvalue weighted by atomic mass is 10.2. The molecule has 0 aliphatic rings. The molecule has 0 fully saturated rings. The van der Waals surface area contributed by atoms with E-state index in [1.54, 1.807) is 6.07 Å². The van der Waals surface area contributed by atoms with E-state index in [0.29, 0.717) is 5.39 Å². The predicted octanol–water partition coefficient (Wildman–Crippen LogP) is 3.03. The van der Waals surface area contributed by atoms with Gasteiger partial charge in [-0.1, -0.05) is 19.4 Å². The largest absolute Gasteiger partial charge is 0.358 e. The quantitative estimate of drug-likeness (QED) is 0.617. The van der Waals surface area contributed by atoms with Crippen molar-refractivity contribution in [3.8, 4) is 0 Å². The smallest absolute Gasteiger partial charge is 0.278 e. The number of aromatic amines is 1. The fourth-order valence-electron chi connectivity index (χ4n) is 1.76. The van der Waals surface area contributed by atoms with Crippen LogP contribution in [0.25, 0.3) is 10.9 Å². The van der Waals surface area contributed by atoms with Gasteiger partial charge in [0.05, 0.1) is 15.8 Å². The molecule has 1 aromatic carbocycles. The van der Waals surface area contributed by atoms with Crippen LogP contribution in [0, 0.1) is 10.1 Å². The Morgan fingerprint density at radius 3 is 2.93 bits per heavy atom. The topological polar surface area (TPSA) is 58.9 Å². The number of nitrogens with zero attached hydrogens (tertiary/aromatic N) is 1. The van der Waals surface area contributed by atoms with E-state index < -0.39 is 0 Å². The van der Waals surface area contributed by atoms with Crippen molar-refractivity contribution in [1.82, 2.24) is 4.98 Å². The molecule has 0 atom stereocenters. The number of nitro groups is 1. The van der Waals surface area contributed by atoms with Crippen LogP contribution in [0.4, 0.5) is 5.69 Å². The normalized spacial score (nSPS) is 10.7. The second-order valence-corrected chi connectivity index (χ2v) is 3.54. The highest BCUT2D eigenvalue weighted by molar-refractivity contribution is 5.89. The number of rotatable bonds is 3. The number of nitro benzene ring substituents is 1. The summed E-state index contributed by atoms with van der Waals surface area (Å²) in [6.07, 6.45) is 1.95. The Kier molecular flexibility index (Phi) is 2.41. The summed E-state index contributed by atoms with van der Waals surface area (Å²) < 4.78 is 0. The molecule has 0 aliphatic heterocycles. The number of hydrogen-bond donors (Lipinski definition) is 1. The van der Waals surface area contributed by atoms with Gasteiger partial charge >= 0.3 is 0 Å². The first-order chi connectivity index (χ1) is 7.22. The van der Waals surface area contributed by atoms with Crippen LogP contribution < -0.4 is 0 Å². The molecule has 1 aromatic heterocycles. The number of fused-ring (bicyclic) bond motifs is 1. The third-order valence-corrected chi connectivity index (χ3v) is 2.41. The summed E-state index contributed by atoms with van der Waals surface area (Å²) in [5.41, 5.74) is 2.07. The number of nitrogens with one attached hydrogen (secondary N) is 1. The Bertz CT molecular complexity index is 502. The van der Waals surface area contributed by atoms with Gasteiger partial charge in [0.2, 0.25) is 0 Å². The lowest BCUT2D eigenvalue weighted by Gasteiger charge is -1.91. The van der Waals surface area contributed by atoms with Gasteiger partial charge in [0, 0.05) is 11.8 Å². The molecule has 0 saturated heterocycles. The highest BCUT2D eigenvalue weighted by atomic mass is 16.6. The minimum atomic E-state index is -0.341. The SMILES string of the molecule is CCCc1cc2c([N+](=O)[O-])cccc2[nH]1. The summed E-state index contributed by atoms with van der Waals surface area (Å²) in [4.78, 5) is 13.6. The molecule has 4 nitrogen and oxygen atoms in total. The molecule has 0 saturated carbocycles. The van der Waals surface area contributed by atoms with Crippen molar-refractivity contribution in [2.75, 3.05) is 0 Å². The lowest BCUT2D eigenvalue weighted by molar-refractivity contribution is -0.383. The van der Waals surface area contributed by atoms with E-state index in [1.165, 1.54) is 6.07 Å². The number of non-ortho nitro benzene ring substituents is 1. The maximum Gasteiger partial charge on any atom is 0.278 e. The molecule has 0 bridgehead atoms. The van der Waals surface area contributed by atoms with Gasteiger partial charge in [0.25, 0.3) is 5.69 Å². The summed E-state index contributed by atoms with van der Waals surface area (Å²) in [7, 11) is 0. The molecule has 1 heterocycles. The van der Waals surface area contributed by atoms with Crippen molar-refractivity contribution in [1.29, 1.82) is 0 Å². The molecular weight excluding hydrogens is 192 g/mol. The van der Waals surface area contributed by atoms with E-state index in [9.17, 15) is 10.1 Å². The van der Waals surface area contributed by atoms with Crippen LogP contribution in [0.15, 0.2) is 24.3 Å². The molecule has 2 rings (SSSR count). The van der Waals surface area contributed by atoms with Crippen molar-refractivity contribution in [3.63, 3.8) is 0 Å². The van der Waals surface area contributed by atoms with Crippen LogP contribution in [0.3, 0.4) is 0 Å². The third-order valence-electron chi connectivity index (χ3n) is 2.41. The lowest BCUT2D eigenvalue weighted by Crippen LogP contribution is -1.87. The van der Waals surface area contributed by atoms with E-state index in [2.05, 4.69) is 11.9 Å². The summed E-state index contributed by atoms with van der Waals surface area (Å²) in [6.45, 7) is 2.08. The summed E-state index contributed by atoms with van der Waals surface area (Å²) >= 11 is 0. The van der Waals surface area contributed by atoms with Crippen LogP contribution in [0.5, 0.6) is 0 Å². The Morgan fingerprint density at radius 2 is 2.27 bits per heavy atom. The zero-order valence-corrected chi connectivity index (χ0v) is 8.49. The van der Waals surface area contributed by atoms with E-state index in [1.807, 2.05) is 12.1 Å². The molecule has 1 N–H and O–H groups in total. The minimum absolute atomic E-state index is 0.172. The molecule has 15 heavy (non-hydrogen) atoms. The zero-order chi connectivity index (χ0) is 10.8. The molecule has 2 aromatic rings. The van der Waals surface area contributed by atoms with E-state index in [-0.39, 0.29) is 10.6 Å². The van der Waals surface area contributed by atoms with Crippen LogP contribution >= 0.6 is 0 Å². The third kappa shape index (κ3) is 1.70. The van der Waals surface area contributed by atoms with Crippen LogP contribution in [0.1, 0.15) is 19.0 Å². The fraction of sp³-hybridized carbons (Fsp3) is 0.273. The molecule has 0 radical (unpaired) electrons. The first-order valence-corrected chi connectivity index (χ1v) is 4.97. The van der Waals surface area contributed by atoms with E-state index in [4.69, 9.17) is 0 Å². The van der Waals surface area contributed by atoms with Crippen LogP contribution in [-0.4, -0.2) is 9.91 Å². The molecule has 78 valence electrons. The Balaban J connectivity index is 2.59. The first kappa shape index (κ1) is 9.71. The first-order valence-electron chi connectivity index (χ1n) is 4.97. The molecule has 0 unspecified atom stereocenters. The van der Waals surface area contributed by atoms with Gasteiger partial charge < -0.3 is 4.98 Å². The van der Waals surface area contributed by atoms with Crippen molar-refractivity contribution >= 4 is 16.6 Å². The Morgan fingerprint density at radius 1 is 1.47 bits per heavy atom. The zero-order valence-electron chi connectivity index (χ0n) is 8.49. The Labute approximate surface area is 87.1 Å². The van der Waals surface area contributed by atoms with Gasteiger partial charge in [-0.15, -0.1) is 0 Å². The number of aryl methyl sites for hydroxylation is 1. The van der Waals surface area contributed by atoms with Gasteiger partial charge in [-0.05, 0) is 18.6 Å². The molecule has 0 spiro atoms. The van der Waals surface area contributed by atoms with Gasteiger partial charge in [-0.25, -0.2) is 0 Å². The van der Waals surface area contributed by atoms with Gasteiger partial charge in [-0.3, -0.25) is 10.1 Å². The maximum absolute atomic E-state index is 10.8. The van der Waals surface area contributed by atoms with Crippen molar-refractivity contribution in [3.05, 3.63) is 40.1 Å². The van der Waals surface area contributed by atoms with Crippen molar-refractivity contribution < 1.29 is 4.92 Å². The molecule has 4 heteroatoms. The van der Waals surface area contributed by atoms with Crippen LogP contribution in [0.2, 0.25) is 0 Å². The second-order valence-electron chi connectivity index (χ2n) is 3.54. The van der Waals surface area contributed by atoms with E-state index in [0.717, 1.165) is 24.1 Å². The Hall–Kier alpha value is -1.84. The fourth-order valence-corrected chi connectivity index (χ4v) is 1.76. The standard InChI is InChI=1S/C11H12N2O2/c1-2-4-8-7-9-10(12-8)5-3-6-11(9)13(14)15/h3,5-7,12H,2,4H2,1H3.